The molecule has 3 nitrogen and oxygen atoms in total. The fourth-order valence-electron chi connectivity index (χ4n) is 4.05. The van der Waals surface area contributed by atoms with Crippen molar-refractivity contribution in [2.24, 2.45) is 17.8 Å². The van der Waals surface area contributed by atoms with E-state index in [0.717, 1.165) is 60.5 Å². The second-order valence-electron chi connectivity index (χ2n) is 9.00. The van der Waals surface area contributed by atoms with Crippen LogP contribution in [0, 0.1) is 17.8 Å². The maximum atomic E-state index is 12.9. The molecule has 0 bridgehead atoms. The van der Waals surface area contributed by atoms with Crippen LogP contribution in [-0.2, 0) is 11.4 Å². The van der Waals surface area contributed by atoms with Crippen molar-refractivity contribution < 1.29 is 14.3 Å². The number of allylic oxidation sites excluding steroid dienone is 1. The lowest BCUT2D eigenvalue weighted by Gasteiger charge is -2.30. The van der Waals surface area contributed by atoms with E-state index in [-0.39, 0.29) is 5.92 Å². The highest BCUT2D eigenvalue weighted by molar-refractivity contribution is 6.02. The van der Waals surface area contributed by atoms with E-state index in [1.54, 1.807) is 0 Å². The van der Waals surface area contributed by atoms with Gasteiger partial charge in [-0.2, -0.15) is 0 Å². The first-order valence-electron chi connectivity index (χ1n) is 11.7. The van der Waals surface area contributed by atoms with E-state index >= 15 is 0 Å². The number of Topliss-reactive ketones (excluding diaryl/α,β-unsaturated/α-hetero) is 1. The normalized spacial score (nSPS) is 20.3. The highest BCUT2D eigenvalue weighted by Gasteiger charge is 2.32. The first-order valence-corrected chi connectivity index (χ1v) is 11.7. The smallest absolute Gasteiger partial charge is 0.162 e. The number of hydrogen-bond donors (Lipinski definition) is 0. The van der Waals surface area contributed by atoms with Gasteiger partial charge in [-0.05, 0) is 78.1 Å². The number of unbranched alkanes of at least 4 members (excludes halogenated alkanes) is 1. The third-order valence-electron chi connectivity index (χ3n) is 6.17. The lowest BCUT2D eigenvalue weighted by atomic mass is 9.73. The van der Waals surface area contributed by atoms with Crippen LogP contribution in [0.1, 0.15) is 64.5 Å². The van der Waals surface area contributed by atoms with Gasteiger partial charge in [0.25, 0.3) is 0 Å². The fourth-order valence-corrected chi connectivity index (χ4v) is 4.05. The average Bonchev–Trinajstić information content (AvgIpc) is 2.77. The Morgan fingerprint density at radius 2 is 1.61 bits per heavy atom. The van der Waals surface area contributed by atoms with Crippen LogP contribution in [0.4, 0.5) is 0 Å². The van der Waals surface area contributed by atoms with Gasteiger partial charge < -0.3 is 9.47 Å². The summed E-state index contributed by atoms with van der Waals surface area (Å²) in [5.41, 5.74) is 3.13. The molecule has 2 unspecified atom stereocenters. The van der Waals surface area contributed by atoms with E-state index < -0.39 is 0 Å². The van der Waals surface area contributed by atoms with E-state index in [9.17, 15) is 4.79 Å². The predicted molar refractivity (Wildman–Crippen MR) is 127 cm³/mol. The molecule has 2 aromatic rings. The van der Waals surface area contributed by atoms with Gasteiger partial charge in [0.2, 0.25) is 0 Å². The van der Waals surface area contributed by atoms with Crippen LogP contribution in [0.25, 0.3) is 6.08 Å². The molecule has 1 aliphatic rings. The maximum absolute atomic E-state index is 12.9. The summed E-state index contributed by atoms with van der Waals surface area (Å²) >= 11 is 0. The molecule has 0 aromatic heterocycles. The molecule has 1 fully saturated rings. The third-order valence-corrected chi connectivity index (χ3v) is 6.17. The molecular formula is C28H36O3. The topological polar surface area (TPSA) is 35.5 Å². The van der Waals surface area contributed by atoms with E-state index in [1.807, 2.05) is 48.5 Å². The molecule has 0 heterocycles. The minimum Gasteiger partial charge on any atom is -0.494 e. The van der Waals surface area contributed by atoms with Gasteiger partial charge in [0.1, 0.15) is 18.1 Å². The summed E-state index contributed by atoms with van der Waals surface area (Å²) in [5.74, 6) is 2.95. The Labute approximate surface area is 187 Å². The first kappa shape index (κ1) is 23.1. The van der Waals surface area contributed by atoms with Gasteiger partial charge in [-0.3, -0.25) is 4.79 Å². The van der Waals surface area contributed by atoms with Crippen molar-refractivity contribution in [3.05, 3.63) is 65.2 Å². The highest BCUT2D eigenvalue weighted by atomic mass is 16.5. The van der Waals surface area contributed by atoms with Gasteiger partial charge >= 0.3 is 0 Å². The summed E-state index contributed by atoms with van der Waals surface area (Å²) in [6.45, 7) is 9.90. The van der Waals surface area contributed by atoms with Crippen LogP contribution in [0.5, 0.6) is 11.5 Å². The summed E-state index contributed by atoms with van der Waals surface area (Å²) < 4.78 is 11.6. The molecule has 0 saturated heterocycles. The zero-order valence-electron chi connectivity index (χ0n) is 19.4. The van der Waals surface area contributed by atoms with Crippen LogP contribution in [0.3, 0.4) is 0 Å². The number of rotatable bonds is 9. The van der Waals surface area contributed by atoms with E-state index in [4.69, 9.17) is 9.47 Å². The number of ether oxygens (including phenoxy) is 2. The van der Waals surface area contributed by atoms with E-state index in [1.165, 1.54) is 0 Å². The van der Waals surface area contributed by atoms with Crippen molar-refractivity contribution in [3.8, 4) is 11.5 Å². The summed E-state index contributed by atoms with van der Waals surface area (Å²) in [5, 5.41) is 0. The molecule has 31 heavy (non-hydrogen) atoms. The lowest BCUT2D eigenvalue weighted by Crippen LogP contribution is -2.30. The van der Waals surface area contributed by atoms with E-state index in [0.29, 0.717) is 24.2 Å². The summed E-state index contributed by atoms with van der Waals surface area (Å²) in [4.78, 5) is 12.9. The molecule has 0 spiro atoms. The second-order valence-corrected chi connectivity index (χ2v) is 9.00. The number of carbonyl (C=O) groups is 1. The molecule has 0 aliphatic heterocycles. The van der Waals surface area contributed by atoms with Crippen molar-refractivity contribution in [2.75, 3.05) is 6.61 Å². The molecule has 2 atom stereocenters. The Hall–Kier alpha value is -2.55. The zero-order chi connectivity index (χ0) is 22.2. The Bertz CT molecular complexity index is 862. The van der Waals surface area contributed by atoms with Crippen LogP contribution >= 0.6 is 0 Å². The van der Waals surface area contributed by atoms with Crippen molar-refractivity contribution in [1.29, 1.82) is 0 Å². The molecule has 2 aromatic carbocycles. The minimum atomic E-state index is 0.161. The van der Waals surface area contributed by atoms with Gasteiger partial charge in [0, 0.05) is 5.92 Å². The molecule has 166 valence electrons. The maximum Gasteiger partial charge on any atom is 0.162 e. The Kier molecular flexibility index (Phi) is 8.34. The molecule has 1 saturated carbocycles. The lowest BCUT2D eigenvalue weighted by molar-refractivity contribution is -0.122. The van der Waals surface area contributed by atoms with E-state index in [2.05, 4.69) is 33.8 Å². The fraction of sp³-hybridized carbons (Fsp3) is 0.464. The van der Waals surface area contributed by atoms with Gasteiger partial charge in [0.05, 0.1) is 6.61 Å². The van der Waals surface area contributed by atoms with Crippen molar-refractivity contribution in [3.63, 3.8) is 0 Å². The molecule has 3 rings (SSSR count). The van der Waals surface area contributed by atoms with Gasteiger partial charge in [0.15, 0.2) is 5.78 Å². The third kappa shape index (κ3) is 6.46. The molecule has 0 N–H and O–H groups in total. The van der Waals surface area contributed by atoms with Gasteiger partial charge in [-0.25, -0.2) is 0 Å². The number of hydrogen-bond acceptors (Lipinski definition) is 3. The SMILES string of the molecule is CCCCOc1ccc(COc2ccc(/C=C3\C(=O)C(C(C)C)CCC3C)cc2)cc1. The number of benzene rings is 2. The molecule has 0 amide bonds. The highest BCUT2D eigenvalue weighted by Crippen LogP contribution is 2.35. The average molecular weight is 421 g/mol. The standard InChI is InChI=1S/C28H36O3/c1-5-6-17-30-24-14-10-23(11-15-24)19-31-25-12-8-22(9-13-25)18-27-21(4)7-16-26(20(2)3)28(27)29/h8-15,18,20-21,26H,5-7,16-17,19H2,1-4H3/b27-18-. The van der Waals surface area contributed by atoms with Gasteiger partial charge in [-0.1, -0.05) is 58.4 Å². The summed E-state index contributed by atoms with van der Waals surface area (Å²) in [7, 11) is 0. The Balaban J connectivity index is 1.57. The Morgan fingerprint density at radius 1 is 0.968 bits per heavy atom. The number of carbonyl (C=O) groups excluding carboxylic acids is 1. The predicted octanol–water partition coefficient (Wildman–Crippen LogP) is 7.10. The minimum absolute atomic E-state index is 0.161. The second kappa shape index (κ2) is 11.2. The van der Waals surface area contributed by atoms with Gasteiger partial charge in [-0.15, -0.1) is 0 Å². The van der Waals surface area contributed by atoms with Crippen molar-refractivity contribution in [2.45, 2.75) is 60.0 Å². The largest absolute Gasteiger partial charge is 0.494 e. The van der Waals surface area contributed by atoms with Crippen LogP contribution < -0.4 is 9.47 Å². The van der Waals surface area contributed by atoms with Crippen LogP contribution in [0.15, 0.2) is 54.1 Å². The molecule has 0 radical (unpaired) electrons. The monoisotopic (exact) mass is 420 g/mol. The number of ketones is 1. The quantitative estimate of drug-likeness (QED) is 0.321. The molecular weight excluding hydrogens is 384 g/mol. The zero-order valence-corrected chi connectivity index (χ0v) is 19.4. The van der Waals surface area contributed by atoms with Crippen molar-refractivity contribution in [1.82, 2.24) is 0 Å². The summed E-state index contributed by atoms with van der Waals surface area (Å²) in [6.07, 6.45) is 6.37. The van der Waals surface area contributed by atoms with Crippen molar-refractivity contribution >= 4 is 11.9 Å². The first-order chi connectivity index (χ1) is 15.0. The van der Waals surface area contributed by atoms with Crippen LogP contribution in [-0.4, -0.2) is 12.4 Å². The Morgan fingerprint density at radius 3 is 2.26 bits per heavy atom. The molecule has 1 aliphatic carbocycles. The summed E-state index contributed by atoms with van der Waals surface area (Å²) in [6, 6.07) is 16.1. The molecule has 3 heteroatoms. The van der Waals surface area contributed by atoms with Crippen LogP contribution in [0.2, 0.25) is 0 Å².